The van der Waals surface area contributed by atoms with Crippen LogP contribution in [0, 0.1) is 6.92 Å². The van der Waals surface area contributed by atoms with E-state index in [0.29, 0.717) is 12.1 Å². The van der Waals surface area contributed by atoms with E-state index in [1.165, 1.54) is 11.1 Å². The number of carboxylic acid groups (broad SMARTS) is 1. The average molecular weight is 376 g/mol. The third-order valence-electron chi connectivity index (χ3n) is 3.84. The molecule has 0 bridgehead atoms. The fourth-order valence-corrected chi connectivity index (χ4v) is 2.74. The maximum atomic E-state index is 10.9. The maximum absolute atomic E-state index is 10.9. The predicted octanol–water partition coefficient (Wildman–Crippen LogP) is 4.57. The van der Waals surface area contributed by atoms with Crippen LogP contribution in [0.15, 0.2) is 46.9 Å². The van der Waals surface area contributed by atoms with E-state index in [-0.39, 0.29) is 5.54 Å². The van der Waals surface area contributed by atoms with Crippen LogP contribution < -0.4 is 5.32 Å². The molecule has 0 saturated carbocycles. The first-order valence-corrected chi connectivity index (χ1v) is 8.38. The number of aromatic carboxylic acids is 1. The highest BCUT2D eigenvalue weighted by molar-refractivity contribution is 9.10. The van der Waals surface area contributed by atoms with Crippen molar-refractivity contribution in [1.82, 2.24) is 5.32 Å². The van der Waals surface area contributed by atoms with Gasteiger partial charge in [-0.05, 0) is 62.1 Å². The Morgan fingerprint density at radius 2 is 1.74 bits per heavy atom. The first-order chi connectivity index (χ1) is 10.8. The van der Waals surface area contributed by atoms with Crippen molar-refractivity contribution >= 4 is 21.9 Å². The minimum atomic E-state index is -0.893. The van der Waals surface area contributed by atoms with E-state index in [1.807, 2.05) is 12.1 Å². The summed E-state index contributed by atoms with van der Waals surface area (Å²) < 4.78 is 1.13. The van der Waals surface area contributed by atoms with Crippen LogP contribution in [0.2, 0.25) is 0 Å². The molecule has 0 aromatic heterocycles. The lowest BCUT2D eigenvalue weighted by molar-refractivity contribution is 0.0697. The minimum absolute atomic E-state index is 0.0499. The molecule has 0 aliphatic carbocycles. The van der Waals surface area contributed by atoms with E-state index in [2.05, 4.69) is 60.2 Å². The minimum Gasteiger partial charge on any atom is -0.478 e. The standard InChI is InChI=1S/C19H22BrNO2/c1-13-10-15(6-9-17(13)20)11-19(2,3)21-12-14-4-7-16(8-5-14)18(22)23/h4-10,21H,11-12H2,1-3H3,(H,22,23). The van der Waals surface area contributed by atoms with E-state index in [0.717, 1.165) is 16.5 Å². The molecule has 122 valence electrons. The van der Waals surface area contributed by atoms with Gasteiger partial charge in [-0.1, -0.05) is 40.2 Å². The summed E-state index contributed by atoms with van der Waals surface area (Å²) in [5.74, 6) is -0.893. The summed E-state index contributed by atoms with van der Waals surface area (Å²) in [4.78, 5) is 10.9. The van der Waals surface area contributed by atoms with Crippen LogP contribution in [-0.2, 0) is 13.0 Å². The Kier molecular flexibility index (Phi) is 5.60. The lowest BCUT2D eigenvalue weighted by Gasteiger charge is -2.27. The van der Waals surface area contributed by atoms with E-state index in [9.17, 15) is 4.79 Å². The topological polar surface area (TPSA) is 49.3 Å². The number of benzene rings is 2. The molecular formula is C19H22BrNO2. The van der Waals surface area contributed by atoms with Crippen LogP contribution in [-0.4, -0.2) is 16.6 Å². The third-order valence-corrected chi connectivity index (χ3v) is 4.73. The van der Waals surface area contributed by atoms with Gasteiger partial charge >= 0.3 is 5.97 Å². The molecule has 0 radical (unpaired) electrons. The van der Waals surface area contributed by atoms with E-state index in [1.54, 1.807) is 12.1 Å². The number of rotatable bonds is 6. The molecule has 2 aromatic rings. The molecule has 0 unspecified atom stereocenters. The van der Waals surface area contributed by atoms with Crippen molar-refractivity contribution in [3.8, 4) is 0 Å². The van der Waals surface area contributed by atoms with Crippen LogP contribution in [0.25, 0.3) is 0 Å². The van der Waals surface area contributed by atoms with Gasteiger partial charge < -0.3 is 10.4 Å². The molecule has 0 fully saturated rings. The second-order valence-corrected chi connectivity index (χ2v) is 7.35. The molecule has 0 spiro atoms. The Bertz CT molecular complexity index is 693. The molecule has 4 heteroatoms. The van der Waals surface area contributed by atoms with Gasteiger partial charge in [0.05, 0.1) is 5.56 Å². The molecule has 0 heterocycles. The Morgan fingerprint density at radius 3 is 2.30 bits per heavy atom. The molecule has 2 rings (SSSR count). The molecule has 23 heavy (non-hydrogen) atoms. The first kappa shape index (κ1) is 17.7. The van der Waals surface area contributed by atoms with Gasteiger partial charge in [0.15, 0.2) is 0 Å². The van der Waals surface area contributed by atoms with E-state index >= 15 is 0 Å². The van der Waals surface area contributed by atoms with E-state index < -0.39 is 5.97 Å². The second kappa shape index (κ2) is 7.28. The van der Waals surface area contributed by atoms with Crippen LogP contribution in [0.5, 0.6) is 0 Å². The zero-order valence-electron chi connectivity index (χ0n) is 13.7. The average Bonchev–Trinajstić information content (AvgIpc) is 2.49. The number of carbonyl (C=O) groups is 1. The summed E-state index contributed by atoms with van der Waals surface area (Å²) >= 11 is 3.53. The molecule has 2 aromatic carbocycles. The summed E-state index contributed by atoms with van der Waals surface area (Å²) in [5, 5.41) is 12.5. The van der Waals surface area contributed by atoms with Gasteiger partial charge in [-0.3, -0.25) is 0 Å². The molecule has 0 amide bonds. The molecule has 2 N–H and O–H groups in total. The second-order valence-electron chi connectivity index (χ2n) is 6.50. The van der Waals surface area contributed by atoms with Gasteiger partial charge in [-0.2, -0.15) is 0 Å². The fourth-order valence-electron chi connectivity index (χ4n) is 2.50. The molecule has 0 saturated heterocycles. The summed E-state index contributed by atoms with van der Waals surface area (Å²) in [6.45, 7) is 7.16. The van der Waals surface area contributed by atoms with Crippen molar-refractivity contribution in [3.05, 3.63) is 69.2 Å². The van der Waals surface area contributed by atoms with E-state index in [4.69, 9.17) is 5.11 Å². The predicted molar refractivity (Wildman–Crippen MR) is 96.9 cm³/mol. The van der Waals surface area contributed by atoms with Gasteiger partial charge in [0, 0.05) is 16.6 Å². The van der Waals surface area contributed by atoms with Gasteiger partial charge in [0.2, 0.25) is 0 Å². The monoisotopic (exact) mass is 375 g/mol. The van der Waals surface area contributed by atoms with Crippen molar-refractivity contribution < 1.29 is 9.90 Å². The Labute approximate surface area is 145 Å². The Hall–Kier alpha value is -1.65. The van der Waals surface area contributed by atoms with Crippen LogP contribution in [0.4, 0.5) is 0 Å². The lowest BCUT2D eigenvalue weighted by Crippen LogP contribution is -2.40. The molecule has 0 aliphatic rings. The summed E-state index contributed by atoms with van der Waals surface area (Å²) in [7, 11) is 0. The summed E-state index contributed by atoms with van der Waals surface area (Å²) in [5.41, 5.74) is 3.88. The summed E-state index contributed by atoms with van der Waals surface area (Å²) in [6.07, 6.45) is 0.925. The Morgan fingerprint density at radius 1 is 1.13 bits per heavy atom. The van der Waals surface area contributed by atoms with Crippen LogP contribution in [0.3, 0.4) is 0 Å². The van der Waals surface area contributed by atoms with Gasteiger partial charge in [-0.15, -0.1) is 0 Å². The molecule has 0 atom stereocenters. The highest BCUT2D eigenvalue weighted by atomic mass is 79.9. The molecule has 0 aliphatic heterocycles. The zero-order chi connectivity index (χ0) is 17.0. The third kappa shape index (κ3) is 5.19. The van der Waals surface area contributed by atoms with Crippen molar-refractivity contribution in [3.63, 3.8) is 0 Å². The SMILES string of the molecule is Cc1cc(CC(C)(C)NCc2ccc(C(=O)O)cc2)ccc1Br. The lowest BCUT2D eigenvalue weighted by atomic mass is 9.93. The Balaban J connectivity index is 1.97. The fraction of sp³-hybridized carbons (Fsp3) is 0.316. The smallest absolute Gasteiger partial charge is 0.335 e. The highest BCUT2D eigenvalue weighted by Crippen LogP contribution is 2.20. The quantitative estimate of drug-likeness (QED) is 0.777. The van der Waals surface area contributed by atoms with Gasteiger partial charge in [0.1, 0.15) is 0 Å². The van der Waals surface area contributed by atoms with Crippen LogP contribution in [0.1, 0.15) is 40.9 Å². The number of aryl methyl sites for hydroxylation is 1. The van der Waals surface area contributed by atoms with Crippen molar-refractivity contribution in [2.45, 2.75) is 39.3 Å². The molecule has 3 nitrogen and oxygen atoms in total. The number of hydrogen-bond donors (Lipinski definition) is 2. The number of nitrogens with one attached hydrogen (secondary N) is 1. The zero-order valence-corrected chi connectivity index (χ0v) is 15.3. The first-order valence-electron chi connectivity index (χ1n) is 7.59. The van der Waals surface area contributed by atoms with Crippen LogP contribution >= 0.6 is 15.9 Å². The maximum Gasteiger partial charge on any atom is 0.335 e. The van der Waals surface area contributed by atoms with Crippen molar-refractivity contribution in [2.75, 3.05) is 0 Å². The highest BCUT2D eigenvalue weighted by Gasteiger charge is 2.18. The molecular weight excluding hydrogens is 354 g/mol. The number of carboxylic acids is 1. The number of halogens is 1. The largest absolute Gasteiger partial charge is 0.478 e. The number of hydrogen-bond acceptors (Lipinski definition) is 2. The normalized spacial score (nSPS) is 11.5. The summed E-state index contributed by atoms with van der Waals surface area (Å²) in [6, 6.07) is 13.4. The van der Waals surface area contributed by atoms with Gasteiger partial charge in [-0.25, -0.2) is 4.79 Å². The van der Waals surface area contributed by atoms with Gasteiger partial charge in [0.25, 0.3) is 0 Å². The van der Waals surface area contributed by atoms with Crippen molar-refractivity contribution in [2.24, 2.45) is 0 Å². The van der Waals surface area contributed by atoms with Crippen molar-refractivity contribution in [1.29, 1.82) is 0 Å².